The van der Waals surface area contributed by atoms with Crippen LogP contribution in [0.1, 0.15) is 10.4 Å². The Bertz CT molecular complexity index is 574. The maximum atomic E-state index is 13.1. The fraction of sp³-hybridized carbons (Fsp3) is 0.0769. The molecule has 0 fully saturated rings. The second kappa shape index (κ2) is 5.27. The fourth-order valence-corrected chi connectivity index (χ4v) is 1.87. The summed E-state index contributed by atoms with van der Waals surface area (Å²) in [5.41, 5.74) is 1.09. The molecule has 0 unspecified atom stereocenters. The van der Waals surface area contributed by atoms with Crippen LogP contribution in [0.2, 0.25) is 0 Å². The second-order valence-electron chi connectivity index (χ2n) is 3.70. The van der Waals surface area contributed by atoms with E-state index in [-0.39, 0.29) is 10.4 Å². The van der Waals surface area contributed by atoms with Gasteiger partial charge in [-0.15, -0.1) is 0 Å². The highest BCUT2D eigenvalue weighted by molar-refractivity contribution is 9.10. The number of carbonyl (C=O) groups excluding carboxylic acids is 1. The van der Waals surface area contributed by atoms with Crippen molar-refractivity contribution in [2.24, 2.45) is 0 Å². The van der Waals surface area contributed by atoms with Crippen LogP contribution in [0.4, 0.5) is 10.1 Å². The first-order valence-corrected chi connectivity index (χ1v) is 6.02. The number of amides is 1. The molecule has 1 aromatic heterocycles. The van der Waals surface area contributed by atoms with Crippen LogP contribution in [0, 0.1) is 5.82 Å². The summed E-state index contributed by atoms with van der Waals surface area (Å²) >= 11 is 3.06. The summed E-state index contributed by atoms with van der Waals surface area (Å²) in [6.07, 6.45) is 3.23. The van der Waals surface area contributed by atoms with Crippen LogP contribution < -0.4 is 4.90 Å². The zero-order chi connectivity index (χ0) is 13.1. The summed E-state index contributed by atoms with van der Waals surface area (Å²) in [7, 11) is 1.65. The molecule has 2 aromatic rings. The minimum atomic E-state index is -0.393. The minimum absolute atomic E-state index is 0.219. The van der Waals surface area contributed by atoms with E-state index in [1.807, 2.05) is 0 Å². The van der Waals surface area contributed by atoms with Crippen molar-refractivity contribution in [2.75, 3.05) is 11.9 Å². The van der Waals surface area contributed by atoms with Crippen molar-refractivity contribution in [1.82, 2.24) is 4.98 Å². The molecule has 1 heterocycles. The predicted octanol–water partition coefficient (Wildman–Crippen LogP) is 3.26. The Balaban J connectivity index is 2.29. The lowest BCUT2D eigenvalue weighted by atomic mass is 10.2. The van der Waals surface area contributed by atoms with Crippen LogP contribution in [0.25, 0.3) is 0 Å². The molecule has 0 N–H and O–H groups in total. The normalized spacial score (nSPS) is 10.2. The van der Waals surface area contributed by atoms with Crippen molar-refractivity contribution in [3.05, 3.63) is 58.6 Å². The number of halogens is 2. The third-order valence-electron chi connectivity index (χ3n) is 2.50. The molecule has 0 aliphatic carbocycles. The van der Waals surface area contributed by atoms with Gasteiger partial charge in [-0.3, -0.25) is 9.78 Å². The lowest BCUT2D eigenvalue weighted by Gasteiger charge is -2.16. The molecule has 0 atom stereocenters. The van der Waals surface area contributed by atoms with Gasteiger partial charge in [-0.25, -0.2) is 4.39 Å². The first-order chi connectivity index (χ1) is 8.59. The van der Waals surface area contributed by atoms with E-state index >= 15 is 0 Å². The number of rotatable bonds is 2. The van der Waals surface area contributed by atoms with Crippen molar-refractivity contribution in [3.63, 3.8) is 0 Å². The van der Waals surface area contributed by atoms with E-state index in [4.69, 9.17) is 0 Å². The molecule has 0 saturated heterocycles. The molecule has 0 radical (unpaired) electrons. The van der Waals surface area contributed by atoms with Crippen molar-refractivity contribution < 1.29 is 9.18 Å². The quantitative estimate of drug-likeness (QED) is 0.853. The van der Waals surface area contributed by atoms with Crippen LogP contribution in [0.15, 0.2) is 47.2 Å². The van der Waals surface area contributed by atoms with E-state index in [2.05, 4.69) is 20.9 Å². The highest BCUT2D eigenvalue weighted by atomic mass is 79.9. The Hall–Kier alpha value is -1.75. The number of nitrogens with zero attached hydrogens (tertiary/aromatic N) is 2. The summed E-state index contributed by atoms with van der Waals surface area (Å²) in [5, 5.41) is 0. The monoisotopic (exact) mass is 308 g/mol. The highest BCUT2D eigenvalue weighted by Crippen LogP contribution is 2.19. The van der Waals surface area contributed by atoms with Crippen LogP contribution in [-0.2, 0) is 0 Å². The third-order valence-corrected chi connectivity index (χ3v) is 3.11. The minimum Gasteiger partial charge on any atom is -0.310 e. The molecular weight excluding hydrogens is 299 g/mol. The van der Waals surface area contributed by atoms with Crippen molar-refractivity contribution in [1.29, 1.82) is 0 Å². The first-order valence-electron chi connectivity index (χ1n) is 5.22. The molecular formula is C13H10BrFN2O. The topological polar surface area (TPSA) is 33.2 Å². The van der Waals surface area contributed by atoms with Gasteiger partial charge < -0.3 is 4.90 Å². The van der Waals surface area contributed by atoms with Crippen molar-refractivity contribution in [3.8, 4) is 0 Å². The number of hydrogen-bond acceptors (Lipinski definition) is 2. The van der Waals surface area contributed by atoms with E-state index in [1.165, 1.54) is 23.1 Å². The van der Waals surface area contributed by atoms with E-state index in [1.54, 1.807) is 31.6 Å². The Morgan fingerprint density at radius 2 is 2.17 bits per heavy atom. The molecule has 92 valence electrons. The number of benzene rings is 1. The lowest BCUT2D eigenvalue weighted by molar-refractivity contribution is 0.0993. The largest absolute Gasteiger partial charge is 0.310 e. The van der Waals surface area contributed by atoms with Gasteiger partial charge in [-0.05, 0) is 46.3 Å². The number of carbonyl (C=O) groups is 1. The molecule has 1 amide bonds. The summed E-state index contributed by atoms with van der Waals surface area (Å²) in [4.78, 5) is 17.6. The first kappa shape index (κ1) is 12.7. The molecule has 1 aromatic carbocycles. The van der Waals surface area contributed by atoms with E-state index in [0.29, 0.717) is 11.3 Å². The number of pyridine rings is 1. The van der Waals surface area contributed by atoms with Gasteiger partial charge in [0.15, 0.2) is 0 Å². The Morgan fingerprint density at radius 1 is 1.39 bits per heavy atom. The van der Waals surface area contributed by atoms with Gasteiger partial charge in [0.05, 0.1) is 16.4 Å². The van der Waals surface area contributed by atoms with Gasteiger partial charge in [0.2, 0.25) is 0 Å². The van der Waals surface area contributed by atoms with Crippen LogP contribution in [0.3, 0.4) is 0 Å². The summed E-state index contributed by atoms with van der Waals surface area (Å²) in [6, 6.07) is 7.71. The molecule has 2 rings (SSSR count). The zero-order valence-corrected chi connectivity index (χ0v) is 11.2. The number of anilines is 1. The molecule has 0 spiro atoms. The average molecular weight is 309 g/mol. The summed E-state index contributed by atoms with van der Waals surface area (Å²) in [5.74, 6) is -0.612. The van der Waals surface area contributed by atoms with Gasteiger partial charge in [0, 0.05) is 18.8 Å². The van der Waals surface area contributed by atoms with Crippen LogP contribution >= 0.6 is 15.9 Å². The molecule has 0 aliphatic rings. The summed E-state index contributed by atoms with van der Waals surface area (Å²) < 4.78 is 13.4. The predicted molar refractivity (Wildman–Crippen MR) is 71.1 cm³/mol. The number of hydrogen-bond donors (Lipinski definition) is 0. The van der Waals surface area contributed by atoms with Crippen LogP contribution in [-0.4, -0.2) is 17.9 Å². The van der Waals surface area contributed by atoms with Gasteiger partial charge in [0.1, 0.15) is 5.82 Å². The van der Waals surface area contributed by atoms with Gasteiger partial charge in [-0.1, -0.05) is 0 Å². The van der Waals surface area contributed by atoms with E-state index in [0.717, 1.165) is 0 Å². The standard InChI is InChI=1S/C13H10BrFN2O/c1-17(10-3-2-6-16-8-10)13(18)9-4-5-12(15)11(14)7-9/h2-8H,1H3. The lowest BCUT2D eigenvalue weighted by Crippen LogP contribution is -2.26. The summed E-state index contributed by atoms with van der Waals surface area (Å²) in [6.45, 7) is 0. The molecule has 0 bridgehead atoms. The number of aromatic nitrogens is 1. The zero-order valence-electron chi connectivity index (χ0n) is 9.60. The van der Waals surface area contributed by atoms with Gasteiger partial charge >= 0.3 is 0 Å². The highest BCUT2D eigenvalue weighted by Gasteiger charge is 2.14. The molecule has 0 saturated carbocycles. The Kier molecular flexibility index (Phi) is 3.72. The SMILES string of the molecule is CN(C(=O)c1ccc(F)c(Br)c1)c1cccnc1. The maximum absolute atomic E-state index is 13.1. The third kappa shape index (κ3) is 2.56. The van der Waals surface area contributed by atoms with Crippen LogP contribution in [0.5, 0.6) is 0 Å². The van der Waals surface area contributed by atoms with Crippen molar-refractivity contribution in [2.45, 2.75) is 0 Å². The second-order valence-corrected chi connectivity index (χ2v) is 4.56. The smallest absolute Gasteiger partial charge is 0.258 e. The Morgan fingerprint density at radius 3 is 2.78 bits per heavy atom. The Labute approximate surface area is 112 Å². The molecule has 5 heteroatoms. The van der Waals surface area contributed by atoms with E-state index < -0.39 is 5.82 Å². The molecule has 3 nitrogen and oxygen atoms in total. The fourth-order valence-electron chi connectivity index (χ4n) is 1.49. The van der Waals surface area contributed by atoms with Gasteiger partial charge in [-0.2, -0.15) is 0 Å². The van der Waals surface area contributed by atoms with E-state index in [9.17, 15) is 9.18 Å². The van der Waals surface area contributed by atoms with Crippen molar-refractivity contribution >= 4 is 27.5 Å². The molecule has 0 aliphatic heterocycles. The maximum Gasteiger partial charge on any atom is 0.258 e. The van der Waals surface area contributed by atoms with Gasteiger partial charge in [0.25, 0.3) is 5.91 Å². The molecule has 18 heavy (non-hydrogen) atoms. The average Bonchev–Trinajstić information content (AvgIpc) is 2.41.